The fraction of sp³-hybridized carbons (Fsp3) is 0.0625. The number of nitrogens with zero attached hydrogens (tertiary/aromatic N) is 1. The maximum atomic E-state index is 11.6. The Kier molecular flexibility index (Phi) is 7.65. The number of hydrogen-bond acceptors (Lipinski definition) is 3. The first-order chi connectivity index (χ1) is 10.9. The Bertz CT molecular complexity index is 732. The number of aromatic nitrogens is 2. The first-order valence-electron chi connectivity index (χ1n) is 6.57. The van der Waals surface area contributed by atoms with Gasteiger partial charge in [0.2, 0.25) is 0 Å². The molecule has 0 radical (unpaired) electrons. The Labute approximate surface area is 134 Å². The molecule has 2 aromatic heterocycles. The Morgan fingerprint density at radius 2 is 1.65 bits per heavy atom. The third kappa shape index (κ3) is 8.50. The van der Waals surface area contributed by atoms with Gasteiger partial charge < -0.3 is 4.98 Å². The van der Waals surface area contributed by atoms with Crippen molar-refractivity contribution in [2.24, 2.45) is 0 Å². The number of aromatic amines is 1. The molecule has 7 heteroatoms. The molecule has 0 atom stereocenters. The van der Waals surface area contributed by atoms with Crippen molar-refractivity contribution in [2.75, 3.05) is 0 Å². The van der Waals surface area contributed by atoms with Crippen LogP contribution in [-0.4, -0.2) is 22.9 Å². The topological polar surface area (TPSA) is 83.0 Å². The van der Waals surface area contributed by atoms with Crippen molar-refractivity contribution in [1.29, 1.82) is 0 Å². The van der Waals surface area contributed by atoms with Crippen LogP contribution in [0.15, 0.2) is 78.2 Å². The molecule has 3 rings (SSSR count). The van der Waals surface area contributed by atoms with Crippen LogP contribution in [0, 0.1) is 12.7 Å². The van der Waals surface area contributed by atoms with Crippen molar-refractivity contribution < 1.29 is 17.4 Å². The predicted molar refractivity (Wildman–Crippen MR) is 86.0 cm³/mol. The Balaban J connectivity index is 0.000000187. The van der Waals surface area contributed by atoms with Crippen LogP contribution in [0.1, 0.15) is 5.56 Å². The normalized spacial score (nSPS) is 9.87. The minimum atomic E-state index is -4.02. The van der Waals surface area contributed by atoms with Crippen molar-refractivity contribution in [3.8, 4) is 0 Å². The van der Waals surface area contributed by atoms with Gasteiger partial charge in [0.25, 0.3) is 10.1 Å². The molecule has 2 heterocycles. The molecule has 0 saturated carbocycles. The molecule has 5 nitrogen and oxygen atoms in total. The number of nitrogens with one attached hydrogen (secondary N) is 1. The van der Waals surface area contributed by atoms with E-state index in [-0.39, 0.29) is 10.7 Å². The van der Waals surface area contributed by atoms with Gasteiger partial charge in [-0.25, -0.2) is 4.39 Å². The molecule has 0 saturated heterocycles. The summed E-state index contributed by atoms with van der Waals surface area (Å²) < 4.78 is 41.2. The quantitative estimate of drug-likeness (QED) is 0.667. The highest BCUT2D eigenvalue weighted by Gasteiger charge is 2.06. The number of halogens is 1. The van der Waals surface area contributed by atoms with Crippen LogP contribution in [-0.2, 0) is 10.1 Å². The zero-order valence-electron chi connectivity index (χ0n) is 12.4. The molecule has 0 fully saturated rings. The van der Waals surface area contributed by atoms with Crippen LogP contribution in [0.25, 0.3) is 0 Å². The monoisotopic (exact) mass is 336 g/mol. The molecule has 1 aromatic carbocycles. The summed E-state index contributed by atoms with van der Waals surface area (Å²) in [5.41, 5.74) is 0.956. The minimum absolute atomic E-state index is 0.0666. The molecule has 0 aliphatic carbocycles. The van der Waals surface area contributed by atoms with Crippen LogP contribution in [0.4, 0.5) is 4.39 Å². The lowest BCUT2D eigenvalue weighted by Gasteiger charge is -1.95. The van der Waals surface area contributed by atoms with Gasteiger partial charge >= 0.3 is 0 Å². The highest BCUT2D eigenvalue weighted by atomic mass is 32.2. The lowest BCUT2D eigenvalue weighted by molar-refractivity contribution is 0.483. The van der Waals surface area contributed by atoms with Gasteiger partial charge in [-0.1, -0.05) is 23.8 Å². The zero-order chi connectivity index (χ0) is 17.1. The minimum Gasteiger partial charge on any atom is -0.365 e. The Morgan fingerprint density at radius 1 is 1.04 bits per heavy atom. The summed E-state index contributed by atoms with van der Waals surface area (Å²) in [6, 6.07) is 13.1. The molecule has 0 amide bonds. The van der Waals surface area contributed by atoms with Gasteiger partial charge in [-0.2, -0.15) is 8.42 Å². The second kappa shape index (κ2) is 9.50. The molecule has 23 heavy (non-hydrogen) atoms. The van der Waals surface area contributed by atoms with Crippen molar-refractivity contribution >= 4 is 10.1 Å². The first-order valence-corrected chi connectivity index (χ1v) is 8.01. The highest BCUT2D eigenvalue weighted by molar-refractivity contribution is 7.85. The SMILES string of the molecule is Cc1ccc(S(=O)(=O)O)cc1.Fc1cc[nH]c1.c1ccncc1. The van der Waals surface area contributed by atoms with E-state index in [1.807, 2.05) is 25.1 Å². The number of benzene rings is 1. The van der Waals surface area contributed by atoms with E-state index in [1.165, 1.54) is 30.6 Å². The summed E-state index contributed by atoms with van der Waals surface area (Å²) in [5.74, 6) is -0.213. The average molecular weight is 336 g/mol. The summed E-state index contributed by atoms with van der Waals surface area (Å²) in [4.78, 5) is 6.27. The smallest absolute Gasteiger partial charge is 0.294 e. The van der Waals surface area contributed by atoms with Crippen LogP contribution >= 0.6 is 0 Å². The largest absolute Gasteiger partial charge is 0.365 e. The fourth-order valence-electron chi connectivity index (χ4n) is 1.33. The maximum absolute atomic E-state index is 11.6. The predicted octanol–water partition coefficient (Wildman–Crippen LogP) is 3.48. The van der Waals surface area contributed by atoms with Gasteiger partial charge in [0.15, 0.2) is 0 Å². The van der Waals surface area contributed by atoms with E-state index in [0.717, 1.165) is 5.56 Å². The molecule has 2 N–H and O–H groups in total. The van der Waals surface area contributed by atoms with E-state index in [9.17, 15) is 12.8 Å². The summed E-state index contributed by atoms with van der Waals surface area (Å²) >= 11 is 0. The Morgan fingerprint density at radius 3 is 1.91 bits per heavy atom. The second-order valence-electron chi connectivity index (χ2n) is 4.34. The molecular formula is C16H17FN2O3S. The molecule has 122 valence electrons. The van der Waals surface area contributed by atoms with Crippen LogP contribution in [0.2, 0.25) is 0 Å². The van der Waals surface area contributed by atoms with E-state index in [2.05, 4.69) is 9.97 Å². The lowest BCUT2D eigenvalue weighted by Crippen LogP contribution is -1.96. The van der Waals surface area contributed by atoms with E-state index < -0.39 is 10.1 Å². The van der Waals surface area contributed by atoms with Crippen molar-refractivity contribution in [3.63, 3.8) is 0 Å². The Hall–Kier alpha value is -2.51. The van der Waals surface area contributed by atoms with Crippen LogP contribution < -0.4 is 0 Å². The molecule has 0 unspecified atom stereocenters. The standard InChI is InChI=1S/C7H8O3S.C5H5N.C4H4FN/c1-6-2-4-7(5-3-6)11(8,9)10;1-2-4-6-5-3-1;5-4-1-2-6-3-4/h2-5H,1H3,(H,8,9,10);1-5H;1-3,6H. The van der Waals surface area contributed by atoms with Crippen molar-refractivity contribution in [3.05, 3.63) is 84.7 Å². The molecule has 3 aromatic rings. The maximum Gasteiger partial charge on any atom is 0.294 e. The van der Waals surface area contributed by atoms with Gasteiger partial charge in [0.05, 0.1) is 4.90 Å². The van der Waals surface area contributed by atoms with E-state index in [0.29, 0.717) is 0 Å². The van der Waals surface area contributed by atoms with Crippen molar-refractivity contribution in [1.82, 2.24) is 9.97 Å². The third-order valence-corrected chi connectivity index (χ3v) is 3.31. The van der Waals surface area contributed by atoms with Gasteiger partial charge in [0, 0.05) is 24.8 Å². The van der Waals surface area contributed by atoms with Crippen LogP contribution in [0.3, 0.4) is 0 Å². The van der Waals surface area contributed by atoms with Crippen LogP contribution in [0.5, 0.6) is 0 Å². The number of H-pyrrole nitrogens is 1. The third-order valence-electron chi connectivity index (χ3n) is 2.45. The van der Waals surface area contributed by atoms with E-state index in [4.69, 9.17) is 4.55 Å². The molecular weight excluding hydrogens is 319 g/mol. The van der Waals surface area contributed by atoms with Gasteiger partial charge in [-0.15, -0.1) is 0 Å². The second-order valence-corrected chi connectivity index (χ2v) is 5.76. The molecule has 0 spiro atoms. The van der Waals surface area contributed by atoms with E-state index >= 15 is 0 Å². The number of rotatable bonds is 1. The lowest BCUT2D eigenvalue weighted by atomic mass is 10.2. The van der Waals surface area contributed by atoms with E-state index in [1.54, 1.807) is 24.5 Å². The molecule has 0 bridgehead atoms. The molecule has 0 aliphatic rings. The van der Waals surface area contributed by atoms with Gasteiger partial charge in [0.1, 0.15) is 5.82 Å². The highest BCUT2D eigenvalue weighted by Crippen LogP contribution is 2.08. The van der Waals surface area contributed by atoms with Crippen molar-refractivity contribution in [2.45, 2.75) is 11.8 Å². The van der Waals surface area contributed by atoms with Gasteiger partial charge in [-0.3, -0.25) is 9.54 Å². The summed E-state index contributed by atoms with van der Waals surface area (Å²) in [5, 5.41) is 0. The van der Waals surface area contributed by atoms with Gasteiger partial charge in [-0.05, 0) is 37.3 Å². The average Bonchev–Trinajstić information content (AvgIpc) is 3.01. The first kappa shape index (κ1) is 18.5. The summed E-state index contributed by atoms with van der Waals surface area (Å²) in [6.07, 6.45) is 6.33. The zero-order valence-corrected chi connectivity index (χ0v) is 13.2. The number of pyridine rings is 1. The fourth-order valence-corrected chi connectivity index (χ4v) is 1.81. The number of aryl methyl sites for hydroxylation is 1. The summed E-state index contributed by atoms with van der Waals surface area (Å²) in [7, 11) is -4.02. The molecule has 0 aliphatic heterocycles. The number of hydrogen-bond donors (Lipinski definition) is 2. The summed E-state index contributed by atoms with van der Waals surface area (Å²) in [6.45, 7) is 1.84.